The standard InChI is InChI=1S/C16H16N2O4/c19-15(17-11-12-5-4-10-21-12)8-3-9-18-13-6-1-2-7-14(13)22-16(18)20/h1-2,4-7,10H,3,8-9,11H2,(H,17,19). The number of para-hydroxylation sites is 2. The first-order valence-corrected chi connectivity index (χ1v) is 7.11. The third kappa shape index (κ3) is 3.11. The van der Waals surface area contributed by atoms with Gasteiger partial charge < -0.3 is 14.2 Å². The zero-order valence-corrected chi connectivity index (χ0v) is 12.0. The van der Waals surface area contributed by atoms with Crippen LogP contribution in [0.5, 0.6) is 0 Å². The Morgan fingerprint density at radius 2 is 2.05 bits per heavy atom. The van der Waals surface area contributed by atoms with E-state index in [2.05, 4.69) is 5.32 Å². The van der Waals surface area contributed by atoms with Crippen molar-refractivity contribution in [2.24, 2.45) is 0 Å². The van der Waals surface area contributed by atoms with Crippen molar-refractivity contribution in [2.45, 2.75) is 25.9 Å². The molecule has 0 saturated carbocycles. The molecule has 1 N–H and O–H groups in total. The van der Waals surface area contributed by atoms with Gasteiger partial charge in [-0.15, -0.1) is 0 Å². The molecule has 0 spiro atoms. The van der Waals surface area contributed by atoms with Crippen LogP contribution < -0.4 is 11.1 Å². The normalized spacial score (nSPS) is 10.9. The summed E-state index contributed by atoms with van der Waals surface area (Å²) >= 11 is 0. The Balaban J connectivity index is 1.53. The lowest BCUT2D eigenvalue weighted by molar-refractivity contribution is -0.121. The minimum Gasteiger partial charge on any atom is -0.467 e. The number of carbonyl (C=O) groups is 1. The summed E-state index contributed by atoms with van der Waals surface area (Å²) in [5, 5.41) is 2.77. The van der Waals surface area contributed by atoms with E-state index in [1.165, 1.54) is 0 Å². The van der Waals surface area contributed by atoms with Crippen molar-refractivity contribution in [3.63, 3.8) is 0 Å². The molecule has 0 atom stereocenters. The highest BCUT2D eigenvalue weighted by atomic mass is 16.4. The summed E-state index contributed by atoms with van der Waals surface area (Å²) in [5.74, 6) is 0.250. The van der Waals surface area contributed by atoms with E-state index < -0.39 is 5.76 Å². The molecule has 22 heavy (non-hydrogen) atoms. The fourth-order valence-electron chi connectivity index (χ4n) is 2.31. The molecule has 0 bridgehead atoms. The molecule has 0 aliphatic rings. The molecule has 2 heterocycles. The lowest BCUT2D eigenvalue weighted by atomic mass is 10.2. The third-order valence-electron chi connectivity index (χ3n) is 3.40. The molecule has 0 aliphatic heterocycles. The highest BCUT2D eigenvalue weighted by Crippen LogP contribution is 2.12. The second-order valence-electron chi connectivity index (χ2n) is 4.95. The van der Waals surface area contributed by atoms with Crippen LogP contribution in [0.2, 0.25) is 0 Å². The molecule has 2 aromatic heterocycles. The molecule has 3 rings (SSSR count). The van der Waals surface area contributed by atoms with Gasteiger partial charge in [-0.05, 0) is 30.7 Å². The average Bonchev–Trinajstić information content (AvgIpc) is 3.13. The van der Waals surface area contributed by atoms with E-state index in [1.54, 1.807) is 29.0 Å². The Labute approximate surface area is 126 Å². The minimum absolute atomic E-state index is 0.0720. The fourth-order valence-corrected chi connectivity index (χ4v) is 2.31. The molecule has 0 saturated heterocycles. The maximum absolute atomic E-state index is 11.8. The Bertz CT molecular complexity index is 814. The molecular weight excluding hydrogens is 284 g/mol. The number of oxazole rings is 1. The third-order valence-corrected chi connectivity index (χ3v) is 3.40. The zero-order chi connectivity index (χ0) is 15.4. The Morgan fingerprint density at radius 1 is 1.18 bits per heavy atom. The number of nitrogens with one attached hydrogen (secondary N) is 1. The number of fused-ring (bicyclic) bond motifs is 1. The van der Waals surface area contributed by atoms with Crippen LogP contribution in [-0.2, 0) is 17.9 Å². The van der Waals surface area contributed by atoms with Gasteiger partial charge in [0.05, 0.1) is 18.3 Å². The van der Waals surface area contributed by atoms with Crippen molar-refractivity contribution >= 4 is 17.0 Å². The highest BCUT2D eigenvalue weighted by Gasteiger charge is 2.09. The van der Waals surface area contributed by atoms with Gasteiger partial charge in [-0.3, -0.25) is 9.36 Å². The van der Waals surface area contributed by atoms with Crippen LogP contribution in [0.15, 0.2) is 56.3 Å². The second kappa shape index (κ2) is 6.34. The van der Waals surface area contributed by atoms with Gasteiger partial charge in [0.25, 0.3) is 0 Å². The summed E-state index contributed by atoms with van der Waals surface area (Å²) in [6, 6.07) is 10.8. The predicted octanol–water partition coefficient (Wildman–Crippen LogP) is 2.28. The van der Waals surface area contributed by atoms with Gasteiger partial charge in [0, 0.05) is 13.0 Å². The van der Waals surface area contributed by atoms with E-state index >= 15 is 0 Å². The van der Waals surface area contributed by atoms with Crippen molar-refractivity contribution in [3.8, 4) is 0 Å². The van der Waals surface area contributed by atoms with E-state index in [4.69, 9.17) is 8.83 Å². The van der Waals surface area contributed by atoms with Gasteiger partial charge in [0.15, 0.2) is 5.58 Å². The summed E-state index contributed by atoms with van der Waals surface area (Å²) in [6.45, 7) is 0.824. The fraction of sp³-hybridized carbons (Fsp3) is 0.250. The number of furan rings is 1. The molecule has 6 nitrogen and oxygen atoms in total. The summed E-state index contributed by atoms with van der Waals surface area (Å²) in [7, 11) is 0. The SMILES string of the molecule is O=C(CCCn1c(=O)oc2ccccc21)NCc1ccco1. The lowest BCUT2D eigenvalue weighted by Crippen LogP contribution is -2.23. The lowest BCUT2D eigenvalue weighted by Gasteiger charge is -2.04. The number of benzene rings is 1. The average molecular weight is 300 g/mol. The number of hydrogen-bond donors (Lipinski definition) is 1. The highest BCUT2D eigenvalue weighted by molar-refractivity contribution is 5.76. The number of aromatic nitrogens is 1. The maximum Gasteiger partial charge on any atom is 0.419 e. The number of amides is 1. The van der Waals surface area contributed by atoms with Gasteiger partial charge in [-0.1, -0.05) is 12.1 Å². The maximum atomic E-state index is 11.8. The van der Waals surface area contributed by atoms with E-state index in [0.717, 1.165) is 5.52 Å². The van der Waals surface area contributed by atoms with Crippen LogP contribution in [0, 0.1) is 0 Å². The summed E-state index contributed by atoms with van der Waals surface area (Å²) in [6.07, 6.45) is 2.47. The van der Waals surface area contributed by atoms with E-state index in [1.807, 2.05) is 18.2 Å². The zero-order valence-electron chi connectivity index (χ0n) is 12.0. The number of aryl methyl sites for hydroxylation is 1. The predicted molar refractivity (Wildman–Crippen MR) is 80.3 cm³/mol. The van der Waals surface area contributed by atoms with Gasteiger partial charge >= 0.3 is 5.76 Å². The molecule has 1 aromatic carbocycles. The first-order chi connectivity index (χ1) is 10.7. The smallest absolute Gasteiger partial charge is 0.419 e. The van der Waals surface area contributed by atoms with Gasteiger partial charge in [-0.25, -0.2) is 4.79 Å². The molecule has 1 amide bonds. The monoisotopic (exact) mass is 300 g/mol. The Morgan fingerprint density at radius 3 is 2.86 bits per heavy atom. The Kier molecular flexibility index (Phi) is 4.09. The first-order valence-electron chi connectivity index (χ1n) is 7.11. The van der Waals surface area contributed by atoms with Crippen molar-refractivity contribution in [1.29, 1.82) is 0 Å². The van der Waals surface area contributed by atoms with E-state index in [0.29, 0.717) is 37.3 Å². The Hall–Kier alpha value is -2.76. The second-order valence-corrected chi connectivity index (χ2v) is 4.95. The van der Waals surface area contributed by atoms with Crippen LogP contribution in [0.3, 0.4) is 0 Å². The number of nitrogens with zero attached hydrogens (tertiary/aromatic N) is 1. The van der Waals surface area contributed by atoms with Crippen molar-refractivity contribution in [1.82, 2.24) is 9.88 Å². The molecule has 114 valence electrons. The van der Waals surface area contributed by atoms with Gasteiger partial charge in [0.1, 0.15) is 5.76 Å². The molecule has 0 fully saturated rings. The van der Waals surface area contributed by atoms with E-state index in [9.17, 15) is 9.59 Å². The number of rotatable bonds is 6. The van der Waals surface area contributed by atoms with Crippen LogP contribution in [-0.4, -0.2) is 10.5 Å². The van der Waals surface area contributed by atoms with Crippen LogP contribution in [0.1, 0.15) is 18.6 Å². The molecule has 0 unspecified atom stereocenters. The summed E-state index contributed by atoms with van der Waals surface area (Å²) in [5.41, 5.74) is 1.32. The van der Waals surface area contributed by atoms with Crippen LogP contribution in [0.4, 0.5) is 0 Å². The van der Waals surface area contributed by atoms with Gasteiger partial charge in [0.2, 0.25) is 5.91 Å². The molecule has 0 radical (unpaired) electrons. The molecule has 0 aliphatic carbocycles. The first kappa shape index (κ1) is 14.2. The van der Waals surface area contributed by atoms with Crippen molar-refractivity contribution in [3.05, 3.63) is 59.0 Å². The number of hydrogen-bond acceptors (Lipinski definition) is 4. The van der Waals surface area contributed by atoms with E-state index in [-0.39, 0.29) is 5.91 Å². The van der Waals surface area contributed by atoms with Crippen LogP contribution >= 0.6 is 0 Å². The van der Waals surface area contributed by atoms with Gasteiger partial charge in [-0.2, -0.15) is 0 Å². The summed E-state index contributed by atoms with van der Waals surface area (Å²) < 4.78 is 11.8. The van der Waals surface area contributed by atoms with Crippen molar-refractivity contribution in [2.75, 3.05) is 0 Å². The number of carbonyl (C=O) groups excluding carboxylic acids is 1. The molecule has 3 aromatic rings. The quantitative estimate of drug-likeness (QED) is 0.757. The minimum atomic E-state index is -0.391. The summed E-state index contributed by atoms with van der Waals surface area (Å²) in [4.78, 5) is 23.5. The van der Waals surface area contributed by atoms with Crippen LogP contribution in [0.25, 0.3) is 11.1 Å². The molecule has 6 heteroatoms. The topological polar surface area (TPSA) is 77.4 Å². The molecular formula is C16H16N2O4. The van der Waals surface area contributed by atoms with Crippen molar-refractivity contribution < 1.29 is 13.6 Å². The largest absolute Gasteiger partial charge is 0.467 e.